The van der Waals surface area contributed by atoms with Crippen molar-refractivity contribution in [3.05, 3.63) is 95.0 Å². The minimum absolute atomic E-state index is 0.0572. The molecule has 0 aliphatic heterocycles. The van der Waals surface area contributed by atoms with Crippen LogP contribution in [0, 0.1) is 0 Å². The molecule has 3 rings (SSSR count). The average molecular weight is 586 g/mol. The molecule has 1 N–H and O–H groups in total. The highest BCUT2D eigenvalue weighted by molar-refractivity contribution is 7.92. The fourth-order valence-electron chi connectivity index (χ4n) is 4.32. The highest BCUT2D eigenvalue weighted by atomic mass is 35.5. The SMILES string of the molecule is CCCCNC(=O)[C@@H](Cc1ccccc1)N(Cc1cccc(Cl)c1)C(=O)CN(c1ccccc1OC)S(C)(=O)=O. The zero-order valence-electron chi connectivity index (χ0n) is 23.0. The van der Waals surface area contributed by atoms with Crippen LogP contribution in [0.3, 0.4) is 0 Å². The third kappa shape index (κ3) is 8.72. The summed E-state index contributed by atoms with van der Waals surface area (Å²) in [6.45, 7) is 2.03. The lowest BCUT2D eigenvalue weighted by Gasteiger charge is -2.33. The summed E-state index contributed by atoms with van der Waals surface area (Å²) in [6.07, 6.45) is 2.98. The number of unbranched alkanes of at least 4 members (excludes halogenated alkanes) is 1. The number of anilines is 1. The zero-order valence-corrected chi connectivity index (χ0v) is 24.6. The van der Waals surface area contributed by atoms with Gasteiger partial charge < -0.3 is 15.0 Å². The molecule has 214 valence electrons. The molecule has 0 aliphatic carbocycles. The molecule has 10 heteroatoms. The van der Waals surface area contributed by atoms with Crippen molar-refractivity contribution in [1.82, 2.24) is 10.2 Å². The van der Waals surface area contributed by atoms with Crippen LogP contribution < -0.4 is 14.4 Å². The molecule has 0 fully saturated rings. The lowest BCUT2D eigenvalue weighted by Crippen LogP contribution is -2.53. The summed E-state index contributed by atoms with van der Waals surface area (Å²) in [5.74, 6) is -0.543. The number of para-hydroxylation sites is 2. The summed E-state index contributed by atoms with van der Waals surface area (Å²) < 4.78 is 32.3. The fraction of sp³-hybridized carbons (Fsp3) is 0.333. The van der Waals surface area contributed by atoms with Crippen LogP contribution in [0.2, 0.25) is 5.02 Å². The Morgan fingerprint density at radius 3 is 2.30 bits per heavy atom. The predicted molar refractivity (Wildman–Crippen MR) is 159 cm³/mol. The van der Waals surface area contributed by atoms with Gasteiger partial charge in [0, 0.05) is 24.5 Å². The summed E-state index contributed by atoms with van der Waals surface area (Å²) in [5, 5.41) is 3.45. The summed E-state index contributed by atoms with van der Waals surface area (Å²) in [5.41, 5.74) is 1.81. The second kappa shape index (κ2) is 14.7. The van der Waals surface area contributed by atoms with Gasteiger partial charge in [0.15, 0.2) is 0 Å². The molecule has 0 unspecified atom stereocenters. The largest absolute Gasteiger partial charge is 0.495 e. The second-order valence-corrected chi connectivity index (χ2v) is 11.8. The van der Waals surface area contributed by atoms with Crippen LogP contribution in [0.25, 0.3) is 0 Å². The third-order valence-corrected chi connectivity index (χ3v) is 7.74. The van der Waals surface area contributed by atoms with Crippen molar-refractivity contribution < 1.29 is 22.7 Å². The summed E-state index contributed by atoms with van der Waals surface area (Å²) in [4.78, 5) is 29.1. The summed E-state index contributed by atoms with van der Waals surface area (Å²) >= 11 is 6.24. The third-order valence-electron chi connectivity index (χ3n) is 6.38. The minimum atomic E-state index is -3.90. The summed E-state index contributed by atoms with van der Waals surface area (Å²) in [6, 6.07) is 22.1. The van der Waals surface area contributed by atoms with E-state index in [2.05, 4.69) is 5.32 Å². The number of rotatable bonds is 14. The number of hydrogen-bond donors (Lipinski definition) is 1. The van der Waals surface area contributed by atoms with Gasteiger partial charge in [0.1, 0.15) is 18.3 Å². The number of halogens is 1. The maximum Gasteiger partial charge on any atom is 0.244 e. The lowest BCUT2D eigenvalue weighted by molar-refractivity contribution is -0.140. The number of sulfonamides is 1. The van der Waals surface area contributed by atoms with Crippen LogP contribution in [0.1, 0.15) is 30.9 Å². The Morgan fingerprint density at radius 1 is 0.975 bits per heavy atom. The Morgan fingerprint density at radius 2 is 1.65 bits per heavy atom. The Bertz CT molecular complexity index is 1380. The van der Waals surface area contributed by atoms with E-state index >= 15 is 0 Å². The van der Waals surface area contributed by atoms with Crippen LogP contribution in [0.15, 0.2) is 78.9 Å². The number of methoxy groups -OCH3 is 1. The first-order chi connectivity index (χ1) is 19.1. The van der Waals surface area contributed by atoms with Crippen molar-refractivity contribution in [1.29, 1.82) is 0 Å². The molecule has 1 atom stereocenters. The van der Waals surface area contributed by atoms with Gasteiger partial charge in [-0.25, -0.2) is 8.42 Å². The molecular formula is C30H36ClN3O5S. The molecule has 0 heterocycles. The second-order valence-electron chi connectivity index (χ2n) is 9.44. The van der Waals surface area contributed by atoms with E-state index in [0.29, 0.717) is 22.9 Å². The van der Waals surface area contributed by atoms with Crippen molar-refractivity contribution in [2.45, 2.75) is 38.8 Å². The minimum Gasteiger partial charge on any atom is -0.495 e. The first-order valence-corrected chi connectivity index (χ1v) is 15.3. The van der Waals surface area contributed by atoms with Crippen LogP contribution >= 0.6 is 11.6 Å². The van der Waals surface area contributed by atoms with Crippen molar-refractivity contribution in [3.63, 3.8) is 0 Å². The Balaban J connectivity index is 2.05. The molecule has 0 spiro atoms. The maximum absolute atomic E-state index is 14.1. The topological polar surface area (TPSA) is 96.0 Å². The van der Waals surface area contributed by atoms with E-state index < -0.39 is 28.5 Å². The van der Waals surface area contributed by atoms with Crippen LogP contribution in [-0.4, -0.2) is 57.6 Å². The van der Waals surface area contributed by atoms with E-state index in [1.54, 1.807) is 42.5 Å². The van der Waals surface area contributed by atoms with E-state index in [1.807, 2.05) is 43.3 Å². The Hall–Kier alpha value is -3.56. The Kier molecular flexibility index (Phi) is 11.4. The van der Waals surface area contributed by atoms with Crippen molar-refractivity contribution in [3.8, 4) is 5.75 Å². The van der Waals surface area contributed by atoms with E-state index in [0.717, 1.165) is 29.0 Å². The van der Waals surface area contributed by atoms with E-state index in [9.17, 15) is 18.0 Å². The maximum atomic E-state index is 14.1. The smallest absolute Gasteiger partial charge is 0.244 e. The number of amides is 2. The molecule has 40 heavy (non-hydrogen) atoms. The zero-order chi connectivity index (χ0) is 29.1. The number of benzene rings is 3. The van der Waals surface area contributed by atoms with Gasteiger partial charge in [0.2, 0.25) is 21.8 Å². The monoisotopic (exact) mass is 585 g/mol. The first kappa shape index (κ1) is 31.0. The highest BCUT2D eigenvalue weighted by Crippen LogP contribution is 2.30. The molecule has 3 aromatic rings. The number of ether oxygens (including phenoxy) is 1. The van der Waals surface area contributed by atoms with E-state index in [-0.39, 0.29) is 24.6 Å². The molecule has 0 radical (unpaired) electrons. The number of nitrogens with zero attached hydrogens (tertiary/aromatic N) is 2. The lowest BCUT2D eigenvalue weighted by atomic mass is 10.0. The van der Waals surface area contributed by atoms with Crippen LogP contribution in [0.4, 0.5) is 5.69 Å². The molecule has 2 amide bonds. The molecule has 0 saturated carbocycles. The van der Waals surface area contributed by atoms with E-state index in [4.69, 9.17) is 16.3 Å². The van der Waals surface area contributed by atoms with Gasteiger partial charge in [-0.05, 0) is 41.8 Å². The van der Waals surface area contributed by atoms with Crippen LogP contribution in [-0.2, 0) is 32.6 Å². The Labute approximate surface area is 241 Å². The number of carbonyl (C=O) groups excluding carboxylic acids is 2. The van der Waals surface area contributed by atoms with Gasteiger partial charge in [-0.15, -0.1) is 0 Å². The normalized spacial score (nSPS) is 11.9. The van der Waals surface area contributed by atoms with Gasteiger partial charge in [-0.2, -0.15) is 0 Å². The van der Waals surface area contributed by atoms with Gasteiger partial charge >= 0.3 is 0 Å². The number of hydrogen-bond acceptors (Lipinski definition) is 5. The first-order valence-electron chi connectivity index (χ1n) is 13.1. The molecular weight excluding hydrogens is 550 g/mol. The van der Waals surface area contributed by atoms with E-state index in [1.165, 1.54) is 12.0 Å². The standard InChI is InChI=1S/C30H36ClN3O5S/c1-4-5-18-32-30(36)27(20-23-12-7-6-8-13-23)33(21-24-14-11-15-25(31)19-24)29(35)22-34(40(3,37)38)26-16-9-10-17-28(26)39-2/h6-17,19,27H,4-5,18,20-22H2,1-3H3,(H,32,36)/t27-/m1/s1. The number of nitrogens with one attached hydrogen (secondary N) is 1. The molecule has 0 aliphatic rings. The average Bonchev–Trinajstić information content (AvgIpc) is 2.93. The van der Waals surface area contributed by atoms with Crippen molar-refractivity contribution in [2.24, 2.45) is 0 Å². The number of carbonyl (C=O) groups is 2. The van der Waals surface area contributed by atoms with Gasteiger partial charge in [0.25, 0.3) is 0 Å². The predicted octanol–water partition coefficient (Wildman–Crippen LogP) is 4.67. The fourth-order valence-corrected chi connectivity index (χ4v) is 5.39. The van der Waals surface area contributed by atoms with Gasteiger partial charge in [-0.3, -0.25) is 13.9 Å². The molecule has 0 aromatic heterocycles. The molecule has 3 aromatic carbocycles. The van der Waals surface area contributed by atoms with Gasteiger partial charge in [-0.1, -0.05) is 79.5 Å². The van der Waals surface area contributed by atoms with Crippen molar-refractivity contribution in [2.75, 3.05) is 30.8 Å². The molecule has 8 nitrogen and oxygen atoms in total. The highest BCUT2D eigenvalue weighted by Gasteiger charge is 2.33. The van der Waals surface area contributed by atoms with Crippen molar-refractivity contribution >= 4 is 39.1 Å². The van der Waals surface area contributed by atoms with Gasteiger partial charge in [0.05, 0.1) is 19.1 Å². The quantitative estimate of drug-likeness (QED) is 0.277. The molecule has 0 saturated heterocycles. The van der Waals surface area contributed by atoms with Crippen LogP contribution in [0.5, 0.6) is 5.75 Å². The summed E-state index contributed by atoms with van der Waals surface area (Å²) in [7, 11) is -2.46. The molecule has 0 bridgehead atoms.